The monoisotopic (exact) mass is 208 g/mol. The molecule has 0 radical (unpaired) electrons. The van der Waals surface area contributed by atoms with Gasteiger partial charge in [-0.15, -0.1) is 0 Å². The maximum Gasteiger partial charge on any atom is 0.347 e. The number of aromatic amines is 1. The maximum atomic E-state index is 10.4. The van der Waals surface area contributed by atoms with Crippen molar-refractivity contribution in [2.45, 2.75) is 0 Å². The number of nitrogens with zero attached hydrogens (tertiary/aromatic N) is 1. The van der Waals surface area contributed by atoms with Crippen molar-refractivity contribution >= 4 is 27.5 Å². The van der Waals surface area contributed by atoms with Crippen LogP contribution >= 0.6 is 27.5 Å². The van der Waals surface area contributed by atoms with Crippen molar-refractivity contribution in [3.63, 3.8) is 0 Å². The van der Waals surface area contributed by atoms with E-state index in [4.69, 9.17) is 11.6 Å². The van der Waals surface area contributed by atoms with E-state index in [0.717, 1.165) is 0 Å². The van der Waals surface area contributed by atoms with Crippen LogP contribution in [0, 0.1) is 0 Å². The third kappa shape index (κ3) is 1.80. The van der Waals surface area contributed by atoms with Gasteiger partial charge in [0.05, 0.1) is 0 Å². The van der Waals surface area contributed by atoms with Crippen molar-refractivity contribution < 1.29 is 0 Å². The molecule has 1 heterocycles. The minimum absolute atomic E-state index is 0.280. The number of halogens is 2. The highest BCUT2D eigenvalue weighted by atomic mass is 79.9. The first kappa shape index (κ1) is 6.77. The molecule has 0 saturated carbocycles. The Morgan fingerprint density at radius 1 is 1.78 bits per heavy atom. The van der Waals surface area contributed by atoms with Crippen molar-refractivity contribution in [1.29, 1.82) is 0 Å². The summed E-state index contributed by atoms with van der Waals surface area (Å²) in [6.45, 7) is 0. The Bertz CT molecular complexity index is 248. The molecule has 1 rings (SSSR count). The summed E-state index contributed by atoms with van der Waals surface area (Å²) in [6.07, 6.45) is 0. The summed E-state index contributed by atoms with van der Waals surface area (Å²) in [4.78, 5) is 16.2. The van der Waals surface area contributed by atoms with E-state index in [9.17, 15) is 4.79 Å². The zero-order valence-electron chi connectivity index (χ0n) is 4.19. The minimum Gasteiger partial charge on any atom is -0.296 e. The summed E-state index contributed by atoms with van der Waals surface area (Å²) in [5.74, 6) is 0. The van der Waals surface area contributed by atoms with Crippen LogP contribution in [0.15, 0.2) is 15.5 Å². The van der Waals surface area contributed by atoms with Gasteiger partial charge in [0, 0.05) is 6.07 Å². The van der Waals surface area contributed by atoms with Crippen molar-refractivity contribution in [2.24, 2.45) is 0 Å². The fourth-order valence-electron chi connectivity index (χ4n) is 0.400. The van der Waals surface area contributed by atoms with Crippen LogP contribution in [-0.2, 0) is 0 Å². The van der Waals surface area contributed by atoms with Crippen LogP contribution in [0.2, 0.25) is 5.15 Å². The van der Waals surface area contributed by atoms with Gasteiger partial charge in [0.25, 0.3) is 0 Å². The van der Waals surface area contributed by atoms with Crippen molar-refractivity contribution in [1.82, 2.24) is 9.97 Å². The van der Waals surface area contributed by atoms with Gasteiger partial charge < -0.3 is 0 Å². The zero-order valence-corrected chi connectivity index (χ0v) is 6.53. The summed E-state index contributed by atoms with van der Waals surface area (Å²) in [5, 5.41) is 0.280. The Hall–Kier alpha value is -0.350. The molecule has 0 aliphatic heterocycles. The van der Waals surface area contributed by atoms with E-state index in [2.05, 4.69) is 25.9 Å². The molecule has 0 amide bonds. The normalized spacial score (nSPS) is 9.56. The largest absolute Gasteiger partial charge is 0.347 e. The molecular formula is C4H2BrClN2O. The van der Waals surface area contributed by atoms with Gasteiger partial charge in [0.1, 0.15) is 9.76 Å². The Labute approximate surface area is 64.2 Å². The van der Waals surface area contributed by atoms with Crippen LogP contribution in [0.25, 0.3) is 0 Å². The smallest absolute Gasteiger partial charge is 0.296 e. The van der Waals surface area contributed by atoms with Gasteiger partial charge in [0.15, 0.2) is 0 Å². The molecule has 0 aromatic carbocycles. The minimum atomic E-state index is -0.450. The van der Waals surface area contributed by atoms with E-state index >= 15 is 0 Å². The molecule has 0 aliphatic rings. The predicted octanol–water partition coefficient (Wildman–Crippen LogP) is 1.19. The topological polar surface area (TPSA) is 45.8 Å². The van der Waals surface area contributed by atoms with Gasteiger partial charge in [-0.05, 0) is 15.9 Å². The molecule has 0 spiro atoms. The van der Waals surface area contributed by atoms with Gasteiger partial charge in [-0.25, -0.2) is 4.79 Å². The summed E-state index contributed by atoms with van der Waals surface area (Å²) in [7, 11) is 0. The summed E-state index contributed by atoms with van der Waals surface area (Å²) < 4.78 is 0.441. The van der Waals surface area contributed by atoms with Crippen LogP contribution in [-0.4, -0.2) is 9.97 Å². The second-order valence-corrected chi connectivity index (χ2v) is 2.58. The predicted molar refractivity (Wildman–Crippen MR) is 37.6 cm³/mol. The molecule has 0 saturated heterocycles. The number of aromatic nitrogens is 2. The standard InChI is InChI=1S/C4H2BrClN2O/c5-2-1-3(6)8-4(9)7-2/h1H,(H,7,8,9). The van der Waals surface area contributed by atoms with E-state index in [1.54, 1.807) is 0 Å². The summed E-state index contributed by atoms with van der Waals surface area (Å²) in [5.41, 5.74) is -0.450. The molecule has 9 heavy (non-hydrogen) atoms. The molecule has 0 aliphatic carbocycles. The molecule has 1 N–H and O–H groups in total. The fraction of sp³-hybridized carbons (Fsp3) is 0. The average molecular weight is 209 g/mol. The Morgan fingerprint density at radius 3 is 2.89 bits per heavy atom. The third-order valence-electron chi connectivity index (χ3n) is 0.681. The number of H-pyrrole nitrogens is 1. The highest BCUT2D eigenvalue weighted by Gasteiger charge is 1.91. The van der Waals surface area contributed by atoms with E-state index < -0.39 is 5.69 Å². The molecule has 0 fully saturated rings. The van der Waals surface area contributed by atoms with E-state index in [-0.39, 0.29) is 5.15 Å². The number of hydrogen-bond acceptors (Lipinski definition) is 2. The molecule has 1 aromatic heterocycles. The van der Waals surface area contributed by atoms with Crippen LogP contribution < -0.4 is 5.69 Å². The first-order valence-corrected chi connectivity index (χ1v) is 3.28. The zero-order chi connectivity index (χ0) is 6.85. The van der Waals surface area contributed by atoms with E-state index in [1.807, 2.05) is 0 Å². The van der Waals surface area contributed by atoms with Gasteiger partial charge in [-0.3, -0.25) is 4.98 Å². The molecular weight excluding hydrogens is 207 g/mol. The number of rotatable bonds is 0. The van der Waals surface area contributed by atoms with Crippen molar-refractivity contribution in [2.75, 3.05) is 0 Å². The highest BCUT2D eigenvalue weighted by molar-refractivity contribution is 9.10. The first-order chi connectivity index (χ1) is 4.18. The van der Waals surface area contributed by atoms with Gasteiger partial charge in [-0.1, -0.05) is 11.6 Å². The summed E-state index contributed by atoms with van der Waals surface area (Å²) >= 11 is 8.42. The average Bonchev–Trinajstić information content (AvgIpc) is 1.59. The molecule has 0 bridgehead atoms. The number of nitrogens with one attached hydrogen (secondary N) is 1. The molecule has 48 valence electrons. The van der Waals surface area contributed by atoms with E-state index in [1.165, 1.54) is 6.07 Å². The van der Waals surface area contributed by atoms with Crippen LogP contribution in [0.4, 0.5) is 0 Å². The van der Waals surface area contributed by atoms with Gasteiger partial charge in [0.2, 0.25) is 0 Å². The lowest BCUT2D eigenvalue weighted by molar-refractivity contribution is 1.05. The lowest BCUT2D eigenvalue weighted by Gasteiger charge is -1.87. The lowest BCUT2D eigenvalue weighted by atomic mass is 10.7. The molecule has 0 unspecified atom stereocenters. The first-order valence-electron chi connectivity index (χ1n) is 2.11. The number of hydrogen-bond donors (Lipinski definition) is 1. The fourth-order valence-corrected chi connectivity index (χ4v) is 1.11. The Balaban J connectivity index is 3.33. The van der Waals surface area contributed by atoms with Crippen LogP contribution in [0.3, 0.4) is 0 Å². The van der Waals surface area contributed by atoms with E-state index in [0.29, 0.717) is 4.60 Å². The van der Waals surface area contributed by atoms with Gasteiger partial charge in [-0.2, -0.15) is 4.98 Å². The Morgan fingerprint density at radius 2 is 2.44 bits per heavy atom. The maximum absolute atomic E-state index is 10.4. The van der Waals surface area contributed by atoms with Crippen molar-refractivity contribution in [3.05, 3.63) is 26.3 Å². The second-order valence-electron chi connectivity index (χ2n) is 1.36. The van der Waals surface area contributed by atoms with Crippen LogP contribution in [0.5, 0.6) is 0 Å². The third-order valence-corrected chi connectivity index (χ3v) is 1.29. The van der Waals surface area contributed by atoms with Crippen LogP contribution in [0.1, 0.15) is 0 Å². The van der Waals surface area contributed by atoms with Gasteiger partial charge >= 0.3 is 5.69 Å². The molecule has 1 aromatic rings. The van der Waals surface area contributed by atoms with Crippen molar-refractivity contribution in [3.8, 4) is 0 Å². The molecule has 0 atom stereocenters. The highest BCUT2D eigenvalue weighted by Crippen LogP contribution is 2.06. The second kappa shape index (κ2) is 2.49. The quantitative estimate of drug-likeness (QED) is 0.652. The Kier molecular flexibility index (Phi) is 1.87. The molecule has 5 heteroatoms. The SMILES string of the molecule is O=c1nc(Br)cc(Cl)[nH]1. The molecule has 3 nitrogen and oxygen atoms in total. The summed E-state index contributed by atoms with van der Waals surface area (Å²) in [6, 6.07) is 1.50. The lowest BCUT2D eigenvalue weighted by Crippen LogP contribution is -2.09.